The molecule has 12 heteroatoms. The zero-order valence-electron chi connectivity index (χ0n) is 22.9. The summed E-state index contributed by atoms with van der Waals surface area (Å²) in [7, 11) is -4.32. The molecular weight excluding hydrogens is 592 g/mol. The highest BCUT2D eigenvalue weighted by Gasteiger charge is 2.34. The van der Waals surface area contributed by atoms with Crippen LogP contribution in [0.5, 0.6) is 5.75 Å². The summed E-state index contributed by atoms with van der Waals surface area (Å²) in [5, 5.41) is 3.31. The van der Waals surface area contributed by atoms with Gasteiger partial charge in [0.05, 0.1) is 17.2 Å². The molecule has 3 aromatic carbocycles. The van der Waals surface area contributed by atoms with E-state index in [-0.39, 0.29) is 23.5 Å². The average molecular weight is 625 g/mol. The number of hydrogen-bond acceptors (Lipinski definition) is 5. The second kappa shape index (κ2) is 14.5. The van der Waals surface area contributed by atoms with Gasteiger partial charge in [-0.3, -0.25) is 13.9 Å². The number of carbonyl (C=O) groups excluding carboxylic acids is 2. The van der Waals surface area contributed by atoms with Gasteiger partial charge in [0, 0.05) is 28.7 Å². The van der Waals surface area contributed by atoms with E-state index in [2.05, 4.69) is 5.32 Å². The number of amides is 2. The Bertz CT molecular complexity index is 1430. The van der Waals surface area contributed by atoms with Gasteiger partial charge in [0.15, 0.2) is 0 Å². The van der Waals surface area contributed by atoms with Crippen LogP contribution in [-0.2, 0) is 26.2 Å². The first-order chi connectivity index (χ1) is 19.5. The fraction of sp³-hybridized carbons (Fsp3) is 0.310. The quantitative estimate of drug-likeness (QED) is 0.265. The fourth-order valence-electron chi connectivity index (χ4n) is 4.20. The smallest absolute Gasteiger partial charge is 0.264 e. The van der Waals surface area contributed by atoms with Crippen molar-refractivity contribution >= 4 is 50.7 Å². The van der Waals surface area contributed by atoms with E-state index in [1.807, 2.05) is 0 Å². The number of nitrogens with zero attached hydrogens (tertiary/aromatic N) is 2. The Labute approximate surface area is 250 Å². The van der Waals surface area contributed by atoms with Crippen molar-refractivity contribution in [1.82, 2.24) is 10.2 Å². The van der Waals surface area contributed by atoms with Gasteiger partial charge in [-0.05, 0) is 80.9 Å². The Balaban J connectivity index is 2.08. The third kappa shape index (κ3) is 7.90. The summed E-state index contributed by atoms with van der Waals surface area (Å²) in [6.07, 6.45) is 0.238. The summed E-state index contributed by atoms with van der Waals surface area (Å²) in [6.45, 7) is 5.20. The van der Waals surface area contributed by atoms with Crippen molar-refractivity contribution in [2.24, 2.45) is 0 Å². The second-order valence-corrected chi connectivity index (χ2v) is 11.6. The molecule has 0 saturated carbocycles. The molecule has 0 aromatic heterocycles. The van der Waals surface area contributed by atoms with Crippen molar-refractivity contribution in [3.05, 3.63) is 88.2 Å². The Morgan fingerprint density at radius 1 is 0.951 bits per heavy atom. The predicted octanol–water partition coefficient (Wildman–Crippen LogP) is 5.67. The molecule has 0 bridgehead atoms. The van der Waals surface area contributed by atoms with Gasteiger partial charge < -0.3 is 15.0 Å². The van der Waals surface area contributed by atoms with Gasteiger partial charge >= 0.3 is 0 Å². The number of halogens is 3. The third-order valence-electron chi connectivity index (χ3n) is 6.24. The lowest BCUT2D eigenvalue weighted by molar-refractivity contribution is -0.140. The summed E-state index contributed by atoms with van der Waals surface area (Å²) in [4.78, 5) is 28.2. The third-order valence-corrected chi connectivity index (χ3v) is 8.74. The van der Waals surface area contributed by atoms with Crippen LogP contribution in [0.3, 0.4) is 0 Å². The van der Waals surface area contributed by atoms with Crippen LogP contribution in [0.1, 0.15) is 32.8 Å². The van der Waals surface area contributed by atoms with Gasteiger partial charge in [0.25, 0.3) is 10.0 Å². The first-order valence-electron chi connectivity index (χ1n) is 13.0. The zero-order valence-corrected chi connectivity index (χ0v) is 25.3. The molecule has 1 atom stereocenters. The van der Waals surface area contributed by atoms with Crippen molar-refractivity contribution in [3.8, 4) is 5.75 Å². The lowest BCUT2D eigenvalue weighted by Crippen LogP contribution is -2.52. The van der Waals surface area contributed by atoms with E-state index in [4.69, 9.17) is 27.9 Å². The topological polar surface area (TPSA) is 96.0 Å². The highest BCUT2D eigenvalue weighted by molar-refractivity contribution is 7.92. The van der Waals surface area contributed by atoms with Crippen molar-refractivity contribution in [1.29, 1.82) is 0 Å². The summed E-state index contributed by atoms with van der Waals surface area (Å²) < 4.78 is 47.9. The van der Waals surface area contributed by atoms with Crippen LogP contribution in [0, 0.1) is 5.82 Å². The minimum Gasteiger partial charge on any atom is -0.494 e. The molecule has 220 valence electrons. The molecule has 0 aliphatic heterocycles. The Morgan fingerprint density at radius 3 is 2.10 bits per heavy atom. The van der Waals surface area contributed by atoms with Crippen LogP contribution >= 0.6 is 23.2 Å². The van der Waals surface area contributed by atoms with Gasteiger partial charge in [0.1, 0.15) is 24.2 Å². The largest absolute Gasteiger partial charge is 0.494 e. The predicted molar refractivity (Wildman–Crippen MR) is 158 cm³/mol. The SMILES string of the molecule is CCNC(=O)C(CC)N(Cc1c(Cl)cccc1Cl)C(=O)CN(c1ccc(F)cc1)S(=O)(=O)c1ccc(OCC)cc1. The zero-order chi connectivity index (χ0) is 30.2. The average Bonchev–Trinajstić information content (AvgIpc) is 2.94. The Hall–Kier alpha value is -3.34. The summed E-state index contributed by atoms with van der Waals surface area (Å²) in [5.74, 6) is -1.19. The van der Waals surface area contributed by atoms with Crippen LogP contribution in [0.25, 0.3) is 0 Å². The van der Waals surface area contributed by atoms with Crippen LogP contribution in [-0.4, -0.2) is 50.9 Å². The first kappa shape index (κ1) is 32.2. The lowest BCUT2D eigenvalue weighted by atomic mass is 10.1. The maximum absolute atomic E-state index is 14.0. The molecule has 1 N–H and O–H groups in total. The Kier molecular flexibility index (Phi) is 11.4. The molecule has 2 amide bonds. The molecule has 8 nitrogen and oxygen atoms in total. The minimum absolute atomic E-state index is 0.0652. The summed E-state index contributed by atoms with van der Waals surface area (Å²) >= 11 is 12.8. The molecular formula is C29H32Cl2FN3O5S. The van der Waals surface area contributed by atoms with E-state index in [1.54, 1.807) is 39.0 Å². The van der Waals surface area contributed by atoms with Gasteiger partial charge in [-0.1, -0.05) is 36.2 Å². The van der Waals surface area contributed by atoms with Gasteiger partial charge in [-0.2, -0.15) is 0 Å². The normalized spacial score (nSPS) is 12.0. The maximum Gasteiger partial charge on any atom is 0.264 e. The van der Waals surface area contributed by atoms with Gasteiger partial charge in [0.2, 0.25) is 11.8 Å². The number of nitrogens with one attached hydrogen (secondary N) is 1. The number of benzene rings is 3. The molecule has 0 heterocycles. The van der Waals surface area contributed by atoms with Crippen LogP contribution in [0.2, 0.25) is 10.0 Å². The van der Waals surface area contributed by atoms with E-state index in [0.717, 1.165) is 16.4 Å². The minimum atomic E-state index is -4.32. The van der Waals surface area contributed by atoms with Crippen molar-refractivity contribution in [2.75, 3.05) is 24.0 Å². The monoisotopic (exact) mass is 623 g/mol. The molecule has 3 aromatic rings. The number of likely N-dealkylation sites (N-methyl/N-ethyl adjacent to an activating group) is 1. The molecule has 0 saturated heterocycles. The fourth-order valence-corrected chi connectivity index (χ4v) is 6.13. The highest BCUT2D eigenvalue weighted by Crippen LogP contribution is 2.29. The maximum atomic E-state index is 14.0. The van der Waals surface area contributed by atoms with E-state index in [0.29, 0.717) is 34.5 Å². The van der Waals surface area contributed by atoms with E-state index in [9.17, 15) is 22.4 Å². The van der Waals surface area contributed by atoms with Crippen LogP contribution in [0.15, 0.2) is 71.6 Å². The number of hydrogen-bond donors (Lipinski definition) is 1. The van der Waals surface area contributed by atoms with E-state index < -0.39 is 40.2 Å². The second-order valence-electron chi connectivity index (χ2n) is 8.93. The molecule has 0 fully saturated rings. The molecule has 0 spiro atoms. The molecule has 0 radical (unpaired) electrons. The number of rotatable bonds is 13. The molecule has 41 heavy (non-hydrogen) atoms. The molecule has 1 unspecified atom stereocenters. The number of ether oxygens (including phenoxy) is 1. The molecule has 0 aliphatic rings. The molecule has 3 rings (SSSR count). The van der Waals surface area contributed by atoms with Crippen molar-refractivity contribution in [2.45, 2.75) is 44.7 Å². The Morgan fingerprint density at radius 2 is 1.56 bits per heavy atom. The number of anilines is 1. The lowest BCUT2D eigenvalue weighted by Gasteiger charge is -2.33. The van der Waals surface area contributed by atoms with E-state index >= 15 is 0 Å². The van der Waals surface area contributed by atoms with Gasteiger partial charge in [-0.15, -0.1) is 0 Å². The van der Waals surface area contributed by atoms with Crippen LogP contribution in [0.4, 0.5) is 10.1 Å². The number of sulfonamides is 1. The summed E-state index contributed by atoms with van der Waals surface area (Å²) in [6, 6.07) is 14.4. The van der Waals surface area contributed by atoms with E-state index in [1.165, 1.54) is 41.3 Å². The standard InChI is InChI=1S/C29H32Cl2FN3O5S/c1-4-27(29(37)33-5-2)34(18-24-25(30)8-7-9-26(24)31)28(36)19-35(21-12-10-20(32)11-13-21)41(38,39)23-16-14-22(15-17-23)40-6-3/h7-17,27H,4-6,18-19H2,1-3H3,(H,33,37). The van der Waals surface area contributed by atoms with Crippen molar-refractivity contribution in [3.63, 3.8) is 0 Å². The number of carbonyl (C=O) groups is 2. The van der Waals surface area contributed by atoms with Crippen LogP contribution < -0.4 is 14.4 Å². The first-order valence-corrected chi connectivity index (χ1v) is 15.2. The molecule has 0 aliphatic carbocycles. The summed E-state index contributed by atoms with van der Waals surface area (Å²) in [5.41, 5.74) is 0.477. The van der Waals surface area contributed by atoms with Gasteiger partial charge in [-0.25, -0.2) is 12.8 Å². The highest BCUT2D eigenvalue weighted by atomic mass is 35.5. The van der Waals surface area contributed by atoms with Crippen molar-refractivity contribution < 1.29 is 27.1 Å².